The molecule has 0 bridgehead atoms. The fourth-order valence-electron chi connectivity index (χ4n) is 15.4. The topological polar surface area (TPSA) is 326 Å². The summed E-state index contributed by atoms with van der Waals surface area (Å²) >= 11 is 0. The lowest BCUT2D eigenvalue weighted by atomic mass is 9.75. The van der Waals surface area contributed by atoms with Gasteiger partial charge in [0.25, 0.3) is 0 Å². The average molecular weight is 1630 g/mol. The molecule has 0 amide bonds. The van der Waals surface area contributed by atoms with Crippen LogP contribution in [0.25, 0.3) is 44.0 Å². The van der Waals surface area contributed by atoms with Gasteiger partial charge in [0.05, 0.1) is 0 Å². The number of allylic oxidation sites excluding steroid dienone is 9. The van der Waals surface area contributed by atoms with E-state index in [4.69, 9.17) is 30.6 Å². The molecule has 18 nitrogen and oxygen atoms in total. The summed E-state index contributed by atoms with van der Waals surface area (Å²) < 4.78 is 0. The van der Waals surface area contributed by atoms with Gasteiger partial charge in [-0.1, -0.05) is 273 Å². The van der Waals surface area contributed by atoms with Crippen molar-refractivity contribution in [3.8, 4) is 0 Å². The zero-order chi connectivity index (χ0) is 87.1. The van der Waals surface area contributed by atoms with Crippen LogP contribution in [0.2, 0.25) is 0 Å². The van der Waals surface area contributed by atoms with Crippen LogP contribution in [0.15, 0.2) is 340 Å². The first kappa shape index (κ1) is 86.5. The Balaban J connectivity index is 0.000000169. The van der Waals surface area contributed by atoms with Crippen LogP contribution in [0, 0.1) is 0 Å². The van der Waals surface area contributed by atoms with Gasteiger partial charge in [-0.25, -0.2) is 28.8 Å². The van der Waals surface area contributed by atoms with E-state index in [-0.39, 0.29) is 91.0 Å². The maximum atomic E-state index is 12.3. The summed E-state index contributed by atoms with van der Waals surface area (Å²) in [5.74, 6) is -9.11. The molecule has 610 valence electrons. The van der Waals surface area contributed by atoms with Gasteiger partial charge in [0, 0.05) is 92.7 Å². The second-order valence-corrected chi connectivity index (χ2v) is 29.6. The van der Waals surface area contributed by atoms with Gasteiger partial charge in [-0.3, -0.25) is 28.8 Å². The van der Waals surface area contributed by atoms with Gasteiger partial charge in [-0.2, -0.15) is 0 Å². The van der Waals surface area contributed by atoms with Crippen LogP contribution in [0.3, 0.4) is 0 Å². The predicted molar refractivity (Wildman–Crippen MR) is 472 cm³/mol. The molecule has 0 atom stereocenters. The van der Waals surface area contributed by atoms with Crippen LogP contribution >= 0.6 is 0 Å². The Morgan fingerprint density at radius 1 is 0.268 bits per heavy atom. The number of fused-ring (bicyclic) bond motifs is 2. The minimum atomic E-state index is -1.16. The van der Waals surface area contributed by atoms with E-state index < -0.39 is 35.8 Å². The van der Waals surface area contributed by atoms with Gasteiger partial charge in [-0.05, 0) is 187 Å². The number of carbonyl (C=O) groups excluding carboxylic acids is 6. The van der Waals surface area contributed by atoms with Crippen LogP contribution in [0.1, 0.15) is 124 Å². The molecule has 18 heteroatoms. The Morgan fingerprint density at radius 3 is 0.951 bits per heavy atom. The number of hydrogen-bond acceptors (Lipinski definition) is 12. The highest BCUT2D eigenvalue weighted by Gasteiger charge is 2.28. The first-order chi connectivity index (χ1) is 59.3. The Labute approximate surface area is 707 Å². The Kier molecular flexibility index (Phi) is 28.9. The van der Waals surface area contributed by atoms with Crippen molar-refractivity contribution in [1.82, 2.24) is 0 Å². The minimum absolute atomic E-state index is 0.0993. The van der Waals surface area contributed by atoms with E-state index in [1.165, 1.54) is 38.6 Å². The van der Waals surface area contributed by atoms with Crippen LogP contribution in [-0.4, -0.2) is 101 Å². The van der Waals surface area contributed by atoms with E-state index >= 15 is 0 Å². The van der Waals surface area contributed by atoms with Crippen molar-refractivity contribution in [3.63, 3.8) is 0 Å². The molecule has 12 aromatic carbocycles. The van der Waals surface area contributed by atoms with Crippen molar-refractivity contribution in [2.24, 2.45) is 0 Å². The molecular formula is C105H82O18. The van der Waals surface area contributed by atoms with Crippen molar-refractivity contribution >= 4 is 114 Å². The molecule has 2 aliphatic rings. The molecule has 0 aromatic heterocycles. The van der Waals surface area contributed by atoms with Crippen LogP contribution in [0.4, 0.5) is 0 Å². The summed E-state index contributed by atoms with van der Waals surface area (Å²) in [7, 11) is 0. The van der Waals surface area contributed by atoms with Crippen LogP contribution in [-0.2, 0) is 102 Å². The lowest BCUT2D eigenvalue weighted by Gasteiger charge is -2.28. The molecule has 0 unspecified atom stereocenters. The lowest BCUT2D eigenvalue weighted by molar-refractivity contribution is -0.132. The number of aliphatic carboxylic acids is 6. The number of benzene rings is 12. The highest BCUT2D eigenvalue weighted by atomic mass is 16.4. The molecule has 0 saturated carbocycles. The third kappa shape index (κ3) is 23.8. The van der Waals surface area contributed by atoms with Crippen molar-refractivity contribution in [2.75, 3.05) is 0 Å². The molecule has 0 radical (unpaired) electrons. The largest absolute Gasteiger partial charge is 0.478 e. The van der Waals surface area contributed by atoms with Crippen LogP contribution < -0.4 is 0 Å². The van der Waals surface area contributed by atoms with E-state index in [1.807, 2.05) is 176 Å². The maximum absolute atomic E-state index is 12.3. The standard InChI is InChI=1S/C39H30O6.2C33H26O6/c40-31(16-20-35(42)43)22-24-4-8-28(9-5-24)37(29-10-6-25(7-11-29)23-32(41)17-21-36(44)45)33-18-15-30-13-12-26-2-1-3-27-14-19-34(33)39(30)38(26)27;34-27(16-18-31(36)37)20-22-8-12-25(13-9-22)33(30-7-3-5-24-4-1-2-6-29(24)30)26-14-10-23(11-15-26)21-28(35)17-19-32(38)39;34-29(15-17-31(36)37)19-22-5-9-25(10-6-22)33(28-14-13-24-3-1-2-4-27(24)21-28)26-11-7-23(8-12-26)20-30(35)16-18-32(38)39/h1-2,4-18,20-21,37H,3,19,22-23H2,(H,42,43)(H,44,45);1-19,33H,20-21H2,(H,36,37)(H,38,39);1-18,21,33H,19-20H2,(H,36,37)(H,38,39)/b20-16+,21-17+;18-16+,19-17+;17-15+,18-16+. The predicted octanol–water partition coefficient (Wildman–Crippen LogP) is 17.9. The van der Waals surface area contributed by atoms with E-state index in [1.54, 1.807) is 0 Å². The monoisotopic (exact) mass is 1630 g/mol. The van der Waals surface area contributed by atoms with E-state index in [9.17, 15) is 57.5 Å². The zero-order valence-electron chi connectivity index (χ0n) is 66.4. The highest BCUT2D eigenvalue weighted by molar-refractivity contribution is 6.05. The van der Waals surface area contributed by atoms with Crippen molar-refractivity contribution in [1.29, 1.82) is 0 Å². The smallest absolute Gasteiger partial charge is 0.328 e. The van der Waals surface area contributed by atoms with E-state index in [0.29, 0.717) is 0 Å². The molecule has 6 N–H and O–H groups in total. The highest BCUT2D eigenvalue weighted by Crippen LogP contribution is 2.46. The Morgan fingerprint density at radius 2 is 0.577 bits per heavy atom. The SMILES string of the molecule is O=C(O)/C=C/C(=O)Cc1ccc(C(c2ccc(CC(=O)/C=C/C(=O)O)cc2)c2ccc3ccc4c5c3c2CC=C5CC=C4)cc1.O=C(O)/C=C/C(=O)Cc1ccc(C(c2ccc(CC(=O)/C=C/C(=O)O)cc2)c2ccc3ccccc3c2)cc1.O=C(O)/C=C/C(=O)Cc1ccc(C(c2ccc(CC(=O)/C=C/C(=O)O)cc2)c2cccc3ccccc23)cc1. The molecule has 0 saturated heterocycles. The number of hydrogen-bond donors (Lipinski definition) is 6. The van der Waals surface area contributed by atoms with Gasteiger partial charge < -0.3 is 30.6 Å². The van der Waals surface area contributed by atoms with Gasteiger partial charge in [0.2, 0.25) is 0 Å². The summed E-state index contributed by atoms with van der Waals surface area (Å²) in [5, 5.41) is 59.6. The third-order valence-corrected chi connectivity index (χ3v) is 21.0. The molecule has 0 aliphatic heterocycles. The molecule has 0 heterocycles. The second-order valence-electron chi connectivity index (χ2n) is 29.6. The summed E-state index contributed by atoms with van der Waals surface area (Å²) in [4.78, 5) is 137. The number of carbonyl (C=O) groups is 12. The quantitative estimate of drug-likeness (QED) is 0.0164. The average Bonchev–Trinajstić information content (AvgIpc) is 0.731. The first-order valence-electron chi connectivity index (χ1n) is 39.4. The summed E-state index contributed by atoms with van der Waals surface area (Å²) in [5.41, 5.74) is 19.3. The van der Waals surface area contributed by atoms with Gasteiger partial charge in [0.15, 0.2) is 34.7 Å². The zero-order valence-corrected chi connectivity index (χ0v) is 66.4. The summed E-state index contributed by atoms with van der Waals surface area (Å²) in [6, 6.07) is 84.0. The third-order valence-electron chi connectivity index (χ3n) is 21.0. The number of carboxylic acids is 6. The fraction of sp³-hybridized carbons (Fsp3) is 0.105. The molecule has 2 aliphatic carbocycles. The van der Waals surface area contributed by atoms with Gasteiger partial charge in [-0.15, -0.1) is 0 Å². The van der Waals surface area contributed by atoms with Crippen molar-refractivity contribution < 1.29 is 88.2 Å². The van der Waals surface area contributed by atoms with Gasteiger partial charge in [0.1, 0.15) is 0 Å². The minimum Gasteiger partial charge on any atom is -0.478 e. The Bertz CT molecular complexity index is 6090. The molecule has 14 rings (SSSR count). The molecule has 0 fully saturated rings. The maximum Gasteiger partial charge on any atom is 0.328 e. The lowest BCUT2D eigenvalue weighted by Crippen LogP contribution is -2.11. The fourth-order valence-corrected chi connectivity index (χ4v) is 15.4. The van der Waals surface area contributed by atoms with Gasteiger partial charge >= 0.3 is 35.8 Å². The number of carboxylic acid groups (broad SMARTS) is 6. The molecule has 0 spiro atoms. The Hall–Kier alpha value is -15.8. The van der Waals surface area contributed by atoms with E-state index in [2.05, 4.69) is 97.1 Å². The molecular weight excluding hydrogens is 1550 g/mol. The van der Waals surface area contributed by atoms with Crippen LogP contribution in [0.5, 0.6) is 0 Å². The first-order valence-corrected chi connectivity index (χ1v) is 39.4. The van der Waals surface area contributed by atoms with Crippen molar-refractivity contribution in [3.05, 3.63) is 440 Å². The summed E-state index contributed by atoms with van der Waals surface area (Å²) in [6.07, 6.45) is 20.6. The summed E-state index contributed by atoms with van der Waals surface area (Å²) in [6.45, 7) is 0. The molecule has 12 aromatic rings. The normalized spacial score (nSPS) is 12.2. The van der Waals surface area contributed by atoms with Crippen molar-refractivity contribution in [2.45, 2.75) is 69.1 Å². The number of rotatable bonds is 33. The second kappa shape index (κ2) is 41.0. The number of ketones is 6. The van der Waals surface area contributed by atoms with E-state index in [0.717, 1.165) is 185 Å². The molecule has 123 heavy (non-hydrogen) atoms.